The molecular weight excluding hydrogens is 400 g/mol. The van der Waals surface area contributed by atoms with Gasteiger partial charge in [0.25, 0.3) is 5.91 Å². The highest BCUT2D eigenvalue weighted by Crippen LogP contribution is 2.27. The number of hydrogen-bond acceptors (Lipinski definition) is 4. The molecule has 4 aromatic rings. The maximum Gasteiger partial charge on any atom is 0.258 e. The third-order valence-corrected chi connectivity index (χ3v) is 4.85. The van der Waals surface area contributed by atoms with Crippen LogP contribution in [-0.4, -0.2) is 20.7 Å². The van der Waals surface area contributed by atoms with Crippen LogP contribution in [0.15, 0.2) is 79.4 Å². The van der Waals surface area contributed by atoms with Gasteiger partial charge in [-0.05, 0) is 54.4 Å². The summed E-state index contributed by atoms with van der Waals surface area (Å²) in [4.78, 5) is 16.6. The second kappa shape index (κ2) is 8.80. The lowest BCUT2D eigenvalue weighted by Gasteiger charge is -2.10. The van der Waals surface area contributed by atoms with E-state index in [-0.39, 0.29) is 5.91 Å². The SMILES string of the molecule is Cc1cc(NC(=O)c2cnn(Cc3ccccc3Cl)c2)ccc1Oc1cccnc1. The van der Waals surface area contributed by atoms with Crippen molar-refractivity contribution in [2.24, 2.45) is 0 Å². The number of amides is 1. The Labute approximate surface area is 179 Å². The van der Waals surface area contributed by atoms with Gasteiger partial charge in [-0.1, -0.05) is 29.8 Å². The van der Waals surface area contributed by atoms with Crippen molar-refractivity contribution in [2.75, 3.05) is 5.32 Å². The second-order valence-corrected chi connectivity index (χ2v) is 7.15. The van der Waals surface area contributed by atoms with Gasteiger partial charge in [0, 0.05) is 23.1 Å². The van der Waals surface area contributed by atoms with Crippen LogP contribution >= 0.6 is 11.6 Å². The van der Waals surface area contributed by atoms with Crippen molar-refractivity contribution in [1.82, 2.24) is 14.8 Å². The molecule has 2 heterocycles. The Morgan fingerprint density at radius 3 is 2.77 bits per heavy atom. The van der Waals surface area contributed by atoms with Gasteiger partial charge in [-0.25, -0.2) is 0 Å². The minimum absolute atomic E-state index is 0.235. The molecule has 0 aliphatic rings. The number of ether oxygens (including phenoxy) is 1. The Morgan fingerprint density at radius 2 is 2.00 bits per heavy atom. The van der Waals surface area contributed by atoms with Gasteiger partial charge in [0.2, 0.25) is 0 Å². The molecule has 1 amide bonds. The smallest absolute Gasteiger partial charge is 0.258 e. The number of pyridine rings is 1. The van der Waals surface area contributed by atoms with Gasteiger partial charge in [-0.15, -0.1) is 0 Å². The van der Waals surface area contributed by atoms with Crippen LogP contribution < -0.4 is 10.1 Å². The Kier molecular flexibility index (Phi) is 5.77. The summed E-state index contributed by atoms with van der Waals surface area (Å²) in [6, 6.07) is 16.7. The average molecular weight is 419 g/mol. The molecule has 0 aliphatic carbocycles. The molecule has 0 atom stereocenters. The average Bonchev–Trinajstić information content (AvgIpc) is 3.21. The van der Waals surface area contributed by atoms with E-state index < -0.39 is 0 Å². The second-order valence-electron chi connectivity index (χ2n) is 6.74. The largest absolute Gasteiger partial charge is 0.455 e. The van der Waals surface area contributed by atoms with E-state index in [1.807, 2.05) is 55.5 Å². The fraction of sp³-hybridized carbons (Fsp3) is 0.0870. The predicted molar refractivity (Wildman–Crippen MR) is 116 cm³/mol. The molecule has 0 radical (unpaired) electrons. The van der Waals surface area contributed by atoms with Gasteiger partial charge in [0.1, 0.15) is 11.5 Å². The summed E-state index contributed by atoms with van der Waals surface area (Å²) in [5.74, 6) is 1.12. The molecule has 30 heavy (non-hydrogen) atoms. The van der Waals surface area contributed by atoms with Crippen LogP contribution in [-0.2, 0) is 6.54 Å². The zero-order valence-corrected chi connectivity index (χ0v) is 17.0. The van der Waals surface area contributed by atoms with Gasteiger partial charge in [0.15, 0.2) is 0 Å². The molecule has 6 nitrogen and oxygen atoms in total. The van der Waals surface area contributed by atoms with E-state index in [4.69, 9.17) is 16.3 Å². The molecule has 0 aliphatic heterocycles. The van der Waals surface area contributed by atoms with Gasteiger partial charge in [0.05, 0.1) is 24.5 Å². The minimum Gasteiger partial charge on any atom is -0.455 e. The molecule has 0 saturated carbocycles. The molecule has 2 aromatic heterocycles. The van der Waals surface area contributed by atoms with Crippen LogP contribution in [0.2, 0.25) is 5.02 Å². The number of rotatable bonds is 6. The third-order valence-electron chi connectivity index (χ3n) is 4.48. The molecule has 0 fully saturated rings. The van der Waals surface area contributed by atoms with Crippen LogP contribution in [0.1, 0.15) is 21.5 Å². The Bertz CT molecular complexity index is 1170. The highest BCUT2D eigenvalue weighted by atomic mass is 35.5. The summed E-state index contributed by atoms with van der Waals surface area (Å²) >= 11 is 6.20. The lowest BCUT2D eigenvalue weighted by atomic mass is 10.2. The quantitative estimate of drug-likeness (QED) is 0.459. The molecule has 4 rings (SSSR count). The summed E-state index contributed by atoms with van der Waals surface area (Å²) in [5, 5.41) is 7.83. The van der Waals surface area contributed by atoms with Crippen molar-refractivity contribution < 1.29 is 9.53 Å². The van der Waals surface area contributed by atoms with Gasteiger partial charge in [-0.2, -0.15) is 5.10 Å². The minimum atomic E-state index is -0.235. The van der Waals surface area contributed by atoms with E-state index in [9.17, 15) is 4.79 Å². The number of nitrogens with one attached hydrogen (secondary N) is 1. The fourth-order valence-electron chi connectivity index (χ4n) is 2.95. The number of carbonyl (C=O) groups is 1. The first-order valence-electron chi connectivity index (χ1n) is 9.34. The lowest BCUT2D eigenvalue weighted by molar-refractivity contribution is 0.102. The standard InChI is InChI=1S/C23H19ClN4O2/c1-16-11-19(8-9-22(16)30-20-6-4-10-25-13-20)27-23(29)18-12-26-28(15-18)14-17-5-2-3-7-21(17)24/h2-13,15H,14H2,1H3,(H,27,29). The van der Waals surface area contributed by atoms with Crippen LogP contribution in [0.3, 0.4) is 0 Å². The van der Waals surface area contributed by atoms with Crippen molar-refractivity contribution in [3.8, 4) is 11.5 Å². The van der Waals surface area contributed by atoms with Crippen LogP contribution in [0.5, 0.6) is 11.5 Å². The van der Waals surface area contributed by atoms with Crippen molar-refractivity contribution in [1.29, 1.82) is 0 Å². The highest BCUT2D eigenvalue weighted by molar-refractivity contribution is 6.31. The van der Waals surface area contributed by atoms with E-state index in [1.165, 1.54) is 0 Å². The predicted octanol–water partition coefficient (Wildman–Crippen LogP) is 5.33. The molecular formula is C23H19ClN4O2. The number of carbonyl (C=O) groups excluding carboxylic acids is 1. The van der Waals surface area contributed by atoms with Gasteiger partial charge in [-0.3, -0.25) is 14.5 Å². The van der Waals surface area contributed by atoms with Gasteiger partial charge >= 0.3 is 0 Å². The Balaban J connectivity index is 1.42. The molecule has 0 unspecified atom stereocenters. The van der Waals surface area contributed by atoms with E-state index in [0.717, 1.165) is 11.1 Å². The van der Waals surface area contributed by atoms with Crippen molar-refractivity contribution in [2.45, 2.75) is 13.5 Å². The Morgan fingerprint density at radius 1 is 1.13 bits per heavy atom. The first-order chi connectivity index (χ1) is 14.6. The van der Waals surface area contributed by atoms with Crippen molar-refractivity contribution in [3.63, 3.8) is 0 Å². The molecule has 1 N–H and O–H groups in total. The van der Waals surface area contributed by atoms with Gasteiger partial charge < -0.3 is 10.1 Å². The summed E-state index contributed by atoms with van der Waals surface area (Å²) in [7, 11) is 0. The summed E-state index contributed by atoms with van der Waals surface area (Å²) in [6.45, 7) is 2.41. The summed E-state index contributed by atoms with van der Waals surface area (Å²) < 4.78 is 7.51. The number of hydrogen-bond donors (Lipinski definition) is 1. The van der Waals surface area contributed by atoms with E-state index >= 15 is 0 Å². The number of halogens is 1. The molecule has 2 aromatic carbocycles. The Hall–Kier alpha value is -3.64. The normalized spacial score (nSPS) is 10.6. The number of nitrogens with zero attached hydrogens (tertiary/aromatic N) is 3. The number of aryl methyl sites for hydroxylation is 1. The monoisotopic (exact) mass is 418 g/mol. The zero-order chi connectivity index (χ0) is 20.9. The molecule has 150 valence electrons. The first kappa shape index (κ1) is 19.7. The third kappa shape index (κ3) is 4.67. The number of benzene rings is 2. The van der Waals surface area contributed by atoms with Crippen LogP contribution in [0.4, 0.5) is 5.69 Å². The summed E-state index contributed by atoms with van der Waals surface area (Å²) in [5.41, 5.74) is 2.98. The molecule has 7 heteroatoms. The lowest BCUT2D eigenvalue weighted by Crippen LogP contribution is -2.11. The first-order valence-corrected chi connectivity index (χ1v) is 9.72. The van der Waals surface area contributed by atoms with Crippen molar-refractivity contribution >= 4 is 23.2 Å². The topological polar surface area (TPSA) is 69.0 Å². The maximum atomic E-state index is 12.6. The molecule has 0 bridgehead atoms. The van der Waals surface area contributed by atoms with Crippen molar-refractivity contribution in [3.05, 3.63) is 101 Å². The molecule has 0 saturated heterocycles. The summed E-state index contributed by atoms with van der Waals surface area (Å²) in [6.07, 6.45) is 6.58. The molecule has 0 spiro atoms. The highest BCUT2D eigenvalue weighted by Gasteiger charge is 2.11. The van der Waals surface area contributed by atoms with E-state index in [0.29, 0.717) is 34.3 Å². The zero-order valence-electron chi connectivity index (χ0n) is 16.2. The van der Waals surface area contributed by atoms with Crippen LogP contribution in [0, 0.1) is 6.92 Å². The maximum absolute atomic E-state index is 12.6. The fourth-order valence-corrected chi connectivity index (χ4v) is 3.14. The number of aromatic nitrogens is 3. The van der Waals surface area contributed by atoms with E-state index in [1.54, 1.807) is 35.5 Å². The number of anilines is 1. The van der Waals surface area contributed by atoms with E-state index in [2.05, 4.69) is 15.4 Å². The van der Waals surface area contributed by atoms with Crippen LogP contribution in [0.25, 0.3) is 0 Å².